The van der Waals surface area contributed by atoms with Gasteiger partial charge in [0.25, 0.3) is 0 Å². The van der Waals surface area contributed by atoms with Crippen molar-refractivity contribution in [3.63, 3.8) is 0 Å². The van der Waals surface area contributed by atoms with E-state index in [-0.39, 0.29) is 42.4 Å². The smallest absolute Gasteiger partial charge is 0.406 e. The van der Waals surface area contributed by atoms with Crippen molar-refractivity contribution in [1.29, 1.82) is 0 Å². The van der Waals surface area contributed by atoms with E-state index >= 15 is 0 Å². The summed E-state index contributed by atoms with van der Waals surface area (Å²) < 4.78 is 46.3. The van der Waals surface area contributed by atoms with E-state index in [9.17, 15) is 22.8 Å². The zero-order valence-corrected chi connectivity index (χ0v) is 15.7. The quantitative estimate of drug-likeness (QED) is 0.806. The fourth-order valence-corrected chi connectivity index (χ4v) is 4.22. The van der Waals surface area contributed by atoms with Crippen molar-refractivity contribution in [2.75, 3.05) is 32.8 Å². The van der Waals surface area contributed by atoms with E-state index in [1.807, 2.05) is 0 Å². The van der Waals surface area contributed by atoms with Crippen LogP contribution in [0.2, 0.25) is 0 Å². The molecule has 3 aliphatic rings. The Bertz CT molecular complexity index is 771. The second kappa shape index (κ2) is 7.74. The Balaban J connectivity index is 1.33. The number of benzene rings is 1. The number of hydrogen-bond donors (Lipinski definition) is 1. The molecule has 3 amide bonds. The Morgan fingerprint density at radius 2 is 1.79 bits per heavy atom. The molecule has 1 aromatic rings. The monoisotopic (exact) mass is 413 g/mol. The van der Waals surface area contributed by atoms with Crippen LogP contribution in [0, 0.1) is 0 Å². The van der Waals surface area contributed by atoms with Gasteiger partial charge in [-0.2, -0.15) is 0 Å². The highest BCUT2D eigenvalue weighted by Crippen LogP contribution is 2.31. The molecule has 158 valence electrons. The van der Waals surface area contributed by atoms with Crippen LogP contribution >= 0.6 is 0 Å². The van der Waals surface area contributed by atoms with Crippen LogP contribution in [0.25, 0.3) is 0 Å². The Kier molecular flexibility index (Phi) is 5.28. The molecule has 0 aromatic heterocycles. The van der Waals surface area contributed by atoms with Gasteiger partial charge in [0.1, 0.15) is 12.4 Å². The lowest BCUT2D eigenvalue weighted by molar-refractivity contribution is -0.274. The number of alkyl halides is 3. The Morgan fingerprint density at radius 3 is 2.52 bits per heavy atom. The van der Waals surface area contributed by atoms with E-state index in [0.717, 1.165) is 12.0 Å². The largest absolute Gasteiger partial charge is 0.573 e. The first-order valence-corrected chi connectivity index (χ1v) is 9.59. The summed E-state index contributed by atoms with van der Waals surface area (Å²) >= 11 is 0. The molecule has 3 saturated heterocycles. The minimum absolute atomic E-state index is 0.0551. The number of morpholine rings is 1. The third-order valence-electron chi connectivity index (χ3n) is 5.64. The highest BCUT2D eigenvalue weighted by Gasteiger charge is 2.39. The van der Waals surface area contributed by atoms with Crippen LogP contribution in [-0.2, 0) is 9.53 Å². The molecule has 29 heavy (non-hydrogen) atoms. The molecule has 0 saturated carbocycles. The molecule has 10 heteroatoms. The number of hydrogen-bond acceptors (Lipinski definition) is 4. The van der Waals surface area contributed by atoms with E-state index < -0.39 is 6.36 Å². The first kappa shape index (κ1) is 19.8. The SMILES string of the molecule is O=C1CO[C@H]2CCN(C(=O)N3CCC(c4ccc(OC(F)(F)F)cc4)C3)C[C@H]2N1. The molecule has 0 spiro atoms. The zero-order valence-electron chi connectivity index (χ0n) is 15.7. The standard InChI is InChI=1S/C19H22F3N3O4/c20-19(21,22)29-14-3-1-12(2-4-14)13-5-7-24(9-13)18(27)25-8-6-16-15(10-25)23-17(26)11-28-16/h1-4,13,15-16H,5-11H2,(H,23,26)/t13?,15-,16+/m1/s1. The van der Waals surface area contributed by atoms with E-state index in [1.54, 1.807) is 21.9 Å². The number of urea groups is 1. The van der Waals surface area contributed by atoms with Crippen molar-refractivity contribution in [2.45, 2.75) is 37.3 Å². The number of amides is 3. The molecule has 1 N–H and O–H groups in total. The molecule has 7 nitrogen and oxygen atoms in total. The topological polar surface area (TPSA) is 71.1 Å². The van der Waals surface area contributed by atoms with Crippen LogP contribution < -0.4 is 10.1 Å². The van der Waals surface area contributed by atoms with Gasteiger partial charge < -0.3 is 24.6 Å². The molecule has 0 aliphatic carbocycles. The molecular formula is C19H22F3N3O4. The van der Waals surface area contributed by atoms with Crippen LogP contribution in [0.4, 0.5) is 18.0 Å². The van der Waals surface area contributed by atoms with Gasteiger partial charge in [0, 0.05) is 32.1 Å². The number of likely N-dealkylation sites (tertiary alicyclic amines) is 2. The van der Waals surface area contributed by atoms with Gasteiger partial charge in [-0.15, -0.1) is 13.2 Å². The zero-order chi connectivity index (χ0) is 20.6. The lowest BCUT2D eigenvalue weighted by Gasteiger charge is -2.42. The van der Waals surface area contributed by atoms with Crippen molar-refractivity contribution in [3.8, 4) is 5.75 Å². The first-order valence-electron chi connectivity index (χ1n) is 9.59. The van der Waals surface area contributed by atoms with E-state index in [0.29, 0.717) is 32.6 Å². The fraction of sp³-hybridized carbons (Fsp3) is 0.579. The van der Waals surface area contributed by atoms with Crippen LogP contribution in [0.1, 0.15) is 24.3 Å². The highest BCUT2D eigenvalue weighted by molar-refractivity contribution is 5.79. The molecule has 3 fully saturated rings. The predicted octanol–water partition coefficient (Wildman–Crippen LogP) is 2.08. The van der Waals surface area contributed by atoms with E-state index in [4.69, 9.17) is 4.74 Å². The van der Waals surface area contributed by atoms with E-state index in [1.165, 1.54) is 12.1 Å². The molecule has 3 atom stereocenters. The molecular weight excluding hydrogens is 391 g/mol. The average molecular weight is 413 g/mol. The summed E-state index contributed by atoms with van der Waals surface area (Å²) in [7, 11) is 0. The molecule has 4 rings (SSSR count). The van der Waals surface area contributed by atoms with Gasteiger partial charge in [0.15, 0.2) is 0 Å². The first-order chi connectivity index (χ1) is 13.8. The minimum atomic E-state index is -4.71. The number of rotatable bonds is 2. The summed E-state index contributed by atoms with van der Waals surface area (Å²) in [5, 5.41) is 2.88. The molecule has 1 unspecified atom stereocenters. The minimum Gasteiger partial charge on any atom is -0.406 e. The second-order valence-corrected chi connectivity index (χ2v) is 7.59. The molecule has 0 bridgehead atoms. The average Bonchev–Trinajstić information content (AvgIpc) is 3.16. The maximum atomic E-state index is 12.9. The number of halogens is 3. The summed E-state index contributed by atoms with van der Waals surface area (Å²) in [6, 6.07) is 5.55. The summed E-state index contributed by atoms with van der Waals surface area (Å²) in [5.74, 6) is -0.360. The van der Waals surface area contributed by atoms with Crippen LogP contribution in [0.15, 0.2) is 24.3 Å². The van der Waals surface area contributed by atoms with Gasteiger partial charge in [-0.25, -0.2) is 4.79 Å². The van der Waals surface area contributed by atoms with Crippen molar-refractivity contribution in [3.05, 3.63) is 29.8 Å². The number of carbonyl (C=O) groups excluding carboxylic acids is 2. The predicted molar refractivity (Wildman–Crippen MR) is 95.3 cm³/mol. The van der Waals surface area contributed by atoms with Crippen molar-refractivity contribution in [1.82, 2.24) is 15.1 Å². The van der Waals surface area contributed by atoms with E-state index in [2.05, 4.69) is 10.1 Å². The Labute approximate surface area is 165 Å². The third-order valence-corrected chi connectivity index (χ3v) is 5.64. The van der Waals surface area contributed by atoms with Gasteiger partial charge in [0.2, 0.25) is 5.91 Å². The van der Waals surface area contributed by atoms with Crippen molar-refractivity contribution < 1.29 is 32.2 Å². The number of fused-ring (bicyclic) bond motifs is 1. The number of piperidine rings is 1. The molecule has 3 heterocycles. The van der Waals surface area contributed by atoms with Gasteiger partial charge in [-0.05, 0) is 30.5 Å². The summed E-state index contributed by atoms with van der Waals surface area (Å²) in [6.45, 7) is 2.14. The van der Waals surface area contributed by atoms with Crippen LogP contribution in [-0.4, -0.2) is 73.0 Å². The molecule has 3 aliphatic heterocycles. The summed E-state index contributed by atoms with van der Waals surface area (Å²) in [4.78, 5) is 27.9. The normalized spacial score (nSPS) is 27.4. The Morgan fingerprint density at radius 1 is 1.10 bits per heavy atom. The highest BCUT2D eigenvalue weighted by atomic mass is 19.4. The number of ether oxygens (including phenoxy) is 2. The van der Waals surface area contributed by atoms with Gasteiger partial charge in [-0.3, -0.25) is 4.79 Å². The summed E-state index contributed by atoms with van der Waals surface area (Å²) in [6.07, 6.45) is -3.35. The second-order valence-electron chi connectivity index (χ2n) is 7.59. The summed E-state index contributed by atoms with van der Waals surface area (Å²) in [5.41, 5.74) is 0.876. The lowest BCUT2D eigenvalue weighted by Crippen LogP contribution is -2.62. The van der Waals surface area contributed by atoms with Gasteiger partial charge in [-0.1, -0.05) is 12.1 Å². The maximum absolute atomic E-state index is 12.9. The van der Waals surface area contributed by atoms with Crippen molar-refractivity contribution >= 4 is 11.9 Å². The van der Waals surface area contributed by atoms with Crippen LogP contribution in [0.5, 0.6) is 5.75 Å². The van der Waals surface area contributed by atoms with Crippen LogP contribution in [0.3, 0.4) is 0 Å². The van der Waals surface area contributed by atoms with Gasteiger partial charge >= 0.3 is 12.4 Å². The molecule has 1 aromatic carbocycles. The number of carbonyl (C=O) groups is 2. The number of nitrogens with zero attached hydrogens (tertiary/aromatic N) is 2. The maximum Gasteiger partial charge on any atom is 0.573 e. The fourth-order valence-electron chi connectivity index (χ4n) is 4.22. The lowest BCUT2D eigenvalue weighted by atomic mass is 9.98. The third kappa shape index (κ3) is 4.58. The van der Waals surface area contributed by atoms with Gasteiger partial charge in [0.05, 0.1) is 12.1 Å². The number of nitrogens with one attached hydrogen (secondary N) is 1. The Hall–Kier alpha value is -2.49. The van der Waals surface area contributed by atoms with Crippen molar-refractivity contribution in [2.24, 2.45) is 0 Å². The molecule has 0 radical (unpaired) electrons.